The predicted octanol–water partition coefficient (Wildman–Crippen LogP) is 3.41. The van der Waals surface area contributed by atoms with Crippen LogP contribution in [0.15, 0.2) is 70.6 Å². The first-order valence-corrected chi connectivity index (χ1v) is 13.5. The zero-order valence-electron chi connectivity index (χ0n) is 19.0. The number of nitrogens with one attached hydrogen (secondary N) is 1. The van der Waals surface area contributed by atoms with Gasteiger partial charge in [-0.3, -0.25) is 9.36 Å². The predicted molar refractivity (Wildman–Crippen MR) is 138 cm³/mol. The molecule has 2 aromatic carbocycles. The molecule has 0 saturated heterocycles. The van der Waals surface area contributed by atoms with E-state index in [0.29, 0.717) is 12.3 Å². The summed E-state index contributed by atoms with van der Waals surface area (Å²) in [7, 11) is 0. The highest BCUT2D eigenvalue weighted by atomic mass is 32.2. The Morgan fingerprint density at radius 1 is 1.03 bits per heavy atom. The minimum atomic E-state index is 0.0517. The van der Waals surface area contributed by atoms with E-state index < -0.39 is 0 Å². The maximum Gasteiger partial charge on any atom is 0.264 e. The first kappa shape index (κ1) is 21.6. The van der Waals surface area contributed by atoms with Crippen molar-refractivity contribution in [1.82, 2.24) is 19.2 Å². The summed E-state index contributed by atoms with van der Waals surface area (Å²) in [5.74, 6) is 1.53. The molecule has 0 saturated carbocycles. The van der Waals surface area contributed by atoms with Gasteiger partial charge >= 0.3 is 0 Å². The van der Waals surface area contributed by atoms with E-state index in [9.17, 15) is 4.79 Å². The Hall–Kier alpha value is -2.94. The second-order valence-corrected chi connectivity index (χ2v) is 11.0. The molecule has 4 heterocycles. The number of hydrogen-bond donors (Lipinski definition) is 1. The van der Waals surface area contributed by atoms with E-state index in [1.54, 1.807) is 27.7 Å². The second kappa shape index (κ2) is 9.02. The smallest absolute Gasteiger partial charge is 0.264 e. The number of thioether (sulfide) groups is 1. The minimum absolute atomic E-state index is 0.0517. The van der Waals surface area contributed by atoms with E-state index in [4.69, 9.17) is 0 Å². The molecule has 0 spiro atoms. The van der Waals surface area contributed by atoms with Crippen LogP contribution in [0.2, 0.25) is 0 Å². The molecule has 172 valence electrons. The average Bonchev–Trinajstić information content (AvgIpc) is 3.44. The normalized spacial score (nSPS) is 15.7. The van der Waals surface area contributed by atoms with Crippen molar-refractivity contribution in [3.05, 3.63) is 92.6 Å². The fourth-order valence-corrected chi connectivity index (χ4v) is 7.03. The molecule has 0 aliphatic carbocycles. The summed E-state index contributed by atoms with van der Waals surface area (Å²) in [6.07, 6.45) is 0.919. The van der Waals surface area contributed by atoms with Gasteiger partial charge in [0.15, 0.2) is 5.16 Å². The van der Waals surface area contributed by atoms with Crippen molar-refractivity contribution >= 4 is 39.1 Å². The number of hydrogen-bond acceptors (Lipinski definition) is 5. The lowest BCUT2D eigenvalue weighted by Gasteiger charge is -2.23. The Bertz CT molecular complexity index is 1520. The third-order valence-corrected chi connectivity index (χ3v) is 8.51. The summed E-state index contributed by atoms with van der Waals surface area (Å²) in [6, 6.07) is 20.8. The lowest BCUT2D eigenvalue weighted by molar-refractivity contribution is -0.929. The maximum absolute atomic E-state index is 13.9. The third kappa shape index (κ3) is 3.76. The quantitative estimate of drug-likeness (QED) is 0.372. The average molecular weight is 489 g/mol. The Morgan fingerprint density at radius 2 is 1.76 bits per heavy atom. The van der Waals surface area contributed by atoms with Crippen LogP contribution >= 0.6 is 23.1 Å². The largest absolute Gasteiger partial charge is 0.326 e. The Labute approximate surface area is 205 Å². The molecule has 0 fully saturated rings. The van der Waals surface area contributed by atoms with Crippen molar-refractivity contribution in [2.75, 3.05) is 12.3 Å². The van der Waals surface area contributed by atoms with Crippen LogP contribution < -0.4 is 10.5 Å². The fourth-order valence-electron chi connectivity index (χ4n) is 4.91. The van der Waals surface area contributed by atoms with Crippen molar-refractivity contribution in [2.24, 2.45) is 0 Å². The van der Waals surface area contributed by atoms with Gasteiger partial charge in [0.2, 0.25) is 5.78 Å². The van der Waals surface area contributed by atoms with E-state index in [1.807, 2.05) is 18.2 Å². The molecule has 3 aromatic heterocycles. The van der Waals surface area contributed by atoms with E-state index in [0.717, 1.165) is 52.7 Å². The molecule has 5 aromatic rings. The molecule has 34 heavy (non-hydrogen) atoms. The van der Waals surface area contributed by atoms with E-state index >= 15 is 0 Å². The van der Waals surface area contributed by atoms with E-state index in [1.165, 1.54) is 20.9 Å². The first-order chi connectivity index (χ1) is 16.7. The van der Waals surface area contributed by atoms with Crippen LogP contribution in [0.5, 0.6) is 0 Å². The number of rotatable bonds is 6. The zero-order valence-corrected chi connectivity index (χ0v) is 20.7. The molecule has 1 N–H and O–H groups in total. The molecular formula is C26H26N5OS2+. The number of fused-ring (bicyclic) bond motifs is 5. The van der Waals surface area contributed by atoms with Crippen molar-refractivity contribution < 1.29 is 4.90 Å². The van der Waals surface area contributed by atoms with Crippen LogP contribution in [0, 0.1) is 0 Å². The van der Waals surface area contributed by atoms with Crippen molar-refractivity contribution in [3.63, 3.8) is 0 Å². The highest BCUT2D eigenvalue weighted by Crippen LogP contribution is 2.33. The highest BCUT2D eigenvalue weighted by Gasteiger charge is 2.29. The topological polar surface area (TPSA) is 56.6 Å². The molecule has 1 aliphatic rings. The number of nitrogens with zero attached hydrogens (tertiary/aromatic N) is 4. The molecule has 1 unspecified atom stereocenters. The van der Waals surface area contributed by atoms with Gasteiger partial charge < -0.3 is 4.90 Å². The van der Waals surface area contributed by atoms with Crippen LogP contribution in [-0.4, -0.2) is 31.5 Å². The number of aromatic nitrogens is 4. The highest BCUT2D eigenvalue weighted by molar-refractivity contribution is 7.99. The summed E-state index contributed by atoms with van der Waals surface area (Å²) in [5.41, 5.74) is 3.72. The van der Waals surface area contributed by atoms with Crippen LogP contribution in [0.3, 0.4) is 0 Å². The van der Waals surface area contributed by atoms with Gasteiger partial charge in [-0.1, -0.05) is 79.3 Å². The minimum Gasteiger partial charge on any atom is -0.326 e. The zero-order chi connectivity index (χ0) is 23.1. The molecule has 8 heteroatoms. The molecule has 6 rings (SSSR count). The van der Waals surface area contributed by atoms with Gasteiger partial charge in [-0.2, -0.15) is 0 Å². The second-order valence-electron chi connectivity index (χ2n) is 8.70. The van der Waals surface area contributed by atoms with Crippen molar-refractivity contribution in [3.8, 4) is 0 Å². The van der Waals surface area contributed by atoms with Crippen LogP contribution in [-0.2, 0) is 26.1 Å². The molecule has 6 nitrogen and oxygen atoms in total. The summed E-state index contributed by atoms with van der Waals surface area (Å²) in [6.45, 7) is 5.59. The van der Waals surface area contributed by atoms with Gasteiger partial charge in [0.25, 0.3) is 5.56 Å². The fraction of sp³-hybridized carbons (Fsp3) is 0.269. The monoisotopic (exact) mass is 488 g/mol. The SMILES string of the molecule is CCSc1nnc2n(Cc3ccccc3)c(=O)c3c4c(sc3n12)C[NH+](Cc1ccccc1)CC4. The molecule has 0 amide bonds. The number of thiophene rings is 1. The van der Waals surface area contributed by atoms with Gasteiger partial charge in [0, 0.05) is 12.0 Å². The Morgan fingerprint density at radius 3 is 2.50 bits per heavy atom. The van der Waals surface area contributed by atoms with Gasteiger partial charge in [0.05, 0.1) is 23.4 Å². The summed E-state index contributed by atoms with van der Waals surface area (Å²) >= 11 is 3.42. The van der Waals surface area contributed by atoms with Gasteiger partial charge in [-0.05, 0) is 16.9 Å². The number of quaternary nitrogens is 1. The third-order valence-electron chi connectivity index (χ3n) is 6.48. The molecule has 1 atom stereocenters. The standard InChI is InChI=1S/C26H25N5OS2/c1-2-33-26-28-27-25-30(16-19-11-7-4-8-12-19)23(32)22-20-13-14-29(15-18-9-5-3-6-10-18)17-21(20)34-24(22)31(25)26/h3-12H,2,13-17H2,1H3/p+1. The van der Waals surface area contributed by atoms with Crippen molar-refractivity contribution in [1.29, 1.82) is 0 Å². The van der Waals surface area contributed by atoms with E-state index in [-0.39, 0.29) is 5.56 Å². The Balaban J connectivity index is 1.49. The maximum atomic E-state index is 13.9. The summed E-state index contributed by atoms with van der Waals surface area (Å²) < 4.78 is 3.92. The van der Waals surface area contributed by atoms with Crippen molar-refractivity contribution in [2.45, 2.75) is 38.1 Å². The molecular weight excluding hydrogens is 462 g/mol. The van der Waals surface area contributed by atoms with Crippen LogP contribution in [0.4, 0.5) is 0 Å². The summed E-state index contributed by atoms with van der Waals surface area (Å²) in [5, 5.41) is 10.7. The summed E-state index contributed by atoms with van der Waals surface area (Å²) in [4.78, 5) is 17.8. The first-order valence-electron chi connectivity index (χ1n) is 11.7. The van der Waals surface area contributed by atoms with Gasteiger partial charge in [0.1, 0.15) is 17.9 Å². The van der Waals surface area contributed by atoms with E-state index in [2.05, 4.69) is 64.0 Å². The number of benzene rings is 2. The lowest BCUT2D eigenvalue weighted by Crippen LogP contribution is -3.10. The molecule has 1 aliphatic heterocycles. The lowest BCUT2D eigenvalue weighted by atomic mass is 10.0. The van der Waals surface area contributed by atoms with Gasteiger partial charge in [-0.15, -0.1) is 21.5 Å². The van der Waals surface area contributed by atoms with Crippen LogP contribution in [0.1, 0.15) is 28.5 Å². The molecule has 0 radical (unpaired) electrons. The van der Waals surface area contributed by atoms with Gasteiger partial charge in [-0.25, -0.2) is 4.40 Å². The van der Waals surface area contributed by atoms with Crippen LogP contribution in [0.25, 0.3) is 16.0 Å². The molecule has 0 bridgehead atoms. The Kier molecular flexibility index (Phi) is 5.72.